The van der Waals surface area contributed by atoms with Gasteiger partial charge in [-0.05, 0) is 0 Å². The lowest BCUT2D eigenvalue weighted by Crippen LogP contribution is -2.09. The van der Waals surface area contributed by atoms with Gasteiger partial charge in [-0.1, -0.05) is 60.7 Å². The zero-order chi connectivity index (χ0) is 13.9. The fourth-order valence-corrected chi connectivity index (χ4v) is 2.02. The van der Waals surface area contributed by atoms with E-state index >= 15 is 0 Å². The Bertz CT molecular complexity index is 733. The van der Waals surface area contributed by atoms with Crippen LogP contribution in [0, 0.1) is 0 Å². The van der Waals surface area contributed by atoms with Gasteiger partial charge in [0.05, 0.1) is 0 Å². The Labute approximate surface area is 116 Å². The zero-order valence-corrected chi connectivity index (χ0v) is 11.0. The molecule has 3 aromatic rings. The van der Waals surface area contributed by atoms with E-state index in [2.05, 4.69) is 10.1 Å². The average Bonchev–Trinajstić information content (AvgIpc) is 2.94. The molecule has 0 amide bonds. The molecule has 0 saturated heterocycles. The van der Waals surface area contributed by atoms with Crippen LogP contribution in [0.25, 0.3) is 22.8 Å². The minimum absolute atomic E-state index is 0.154. The smallest absolute Gasteiger partial charge is 0.245 e. The van der Waals surface area contributed by atoms with Gasteiger partial charge in [0.15, 0.2) is 11.6 Å². The van der Waals surface area contributed by atoms with Crippen molar-refractivity contribution in [3.05, 3.63) is 60.7 Å². The maximum absolute atomic E-state index is 11.7. The van der Waals surface area contributed by atoms with Crippen LogP contribution in [0.1, 0.15) is 11.7 Å². The molecule has 0 aliphatic heterocycles. The molecule has 0 N–H and O–H groups in total. The molecule has 0 spiro atoms. The molecule has 0 radical (unpaired) electrons. The van der Waals surface area contributed by atoms with Crippen molar-refractivity contribution in [3.63, 3.8) is 0 Å². The van der Waals surface area contributed by atoms with Crippen LogP contribution in [0.2, 0.25) is 0 Å². The maximum Gasteiger partial charge on any atom is 0.245 e. The number of nitrogens with zero attached hydrogens (tertiary/aromatic N) is 3. The SMILES string of the molecule is CC(=O)n1nc(-c2ccccc2)nc1-c1ccccc1. The molecule has 1 aromatic heterocycles. The van der Waals surface area contributed by atoms with E-state index in [1.807, 2.05) is 60.7 Å². The first-order valence-electron chi connectivity index (χ1n) is 6.34. The molecule has 0 aliphatic rings. The quantitative estimate of drug-likeness (QED) is 0.713. The first-order chi connectivity index (χ1) is 9.75. The minimum Gasteiger partial charge on any atom is -0.273 e. The van der Waals surface area contributed by atoms with Crippen molar-refractivity contribution >= 4 is 5.91 Å². The molecule has 1 heterocycles. The maximum atomic E-state index is 11.7. The third-order valence-electron chi connectivity index (χ3n) is 2.97. The standard InChI is InChI=1S/C16H13N3O/c1-12(20)19-16(14-10-6-3-7-11-14)17-15(18-19)13-8-4-2-5-9-13/h2-11H,1H3. The fraction of sp³-hybridized carbons (Fsp3) is 0.0625. The number of rotatable bonds is 2. The molecule has 0 fully saturated rings. The Hall–Kier alpha value is -2.75. The van der Waals surface area contributed by atoms with Crippen LogP contribution >= 0.6 is 0 Å². The van der Waals surface area contributed by atoms with Crippen LogP contribution in [-0.2, 0) is 0 Å². The van der Waals surface area contributed by atoms with Crippen LogP contribution in [0.15, 0.2) is 60.7 Å². The van der Waals surface area contributed by atoms with Crippen molar-refractivity contribution < 1.29 is 4.79 Å². The first kappa shape index (κ1) is 12.3. The largest absolute Gasteiger partial charge is 0.273 e. The predicted molar refractivity (Wildman–Crippen MR) is 77.2 cm³/mol. The van der Waals surface area contributed by atoms with Crippen LogP contribution < -0.4 is 0 Å². The van der Waals surface area contributed by atoms with Gasteiger partial charge in [-0.2, -0.15) is 4.68 Å². The van der Waals surface area contributed by atoms with Gasteiger partial charge < -0.3 is 0 Å². The van der Waals surface area contributed by atoms with Gasteiger partial charge in [0.1, 0.15) is 0 Å². The lowest BCUT2D eigenvalue weighted by atomic mass is 10.2. The summed E-state index contributed by atoms with van der Waals surface area (Å²) in [7, 11) is 0. The third kappa shape index (κ3) is 2.23. The van der Waals surface area contributed by atoms with Crippen molar-refractivity contribution in [2.75, 3.05) is 0 Å². The Kier molecular flexibility index (Phi) is 3.13. The summed E-state index contributed by atoms with van der Waals surface area (Å²) in [5.74, 6) is 0.968. The van der Waals surface area contributed by atoms with Crippen molar-refractivity contribution in [3.8, 4) is 22.8 Å². The highest BCUT2D eigenvalue weighted by Gasteiger charge is 2.15. The molecule has 4 nitrogen and oxygen atoms in total. The monoisotopic (exact) mass is 263 g/mol. The van der Waals surface area contributed by atoms with Crippen molar-refractivity contribution in [1.82, 2.24) is 14.8 Å². The summed E-state index contributed by atoms with van der Waals surface area (Å²) in [6.07, 6.45) is 0. The van der Waals surface area contributed by atoms with E-state index in [0.29, 0.717) is 11.6 Å². The predicted octanol–water partition coefficient (Wildman–Crippen LogP) is 3.27. The molecule has 2 aromatic carbocycles. The Morgan fingerprint density at radius 2 is 1.45 bits per heavy atom. The highest BCUT2D eigenvalue weighted by Crippen LogP contribution is 2.22. The van der Waals surface area contributed by atoms with E-state index in [4.69, 9.17) is 0 Å². The number of benzene rings is 2. The fourth-order valence-electron chi connectivity index (χ4n) is 2.02. The average molecular weight is 263 g/mol. The van der Waals surface area contributed by atoms with Crippen LogP contribution in [0.4, 0.5) is 0 Å². The molecule has 98 valence electrons. The van der Waals surface area contributed by atoms with Crippen LogP contribution in [-0.4, -0.2) is 20.7 Å². The number of hydrogen-bond acceptors (Lipinski definition) is 3. The third-order valence-corrected chi connectivity index (χ3v) is 2.97. The lowest BCUT2D eigenvalue weighted by molar-refractivity contribution is 0.0923. The van der Waals surface area contributed by atoms with Gasteiger partial charge in [-0.15, -0.1) is 5.10 Å². The Balaban J connectivity index is 2.15. The van der Waals surface area contributed by atoms with Gasteiger partial charge in [0.2, 0.25) is 5.91 Å². The molecule has 0 bridgehead atoms. The van der Waals surface area contributed by atoms with Crippen molar-refractivity contribution in [2.45, 2.75) is 6.92 Å². The summed E-state index contributed by atoms with van der Waals surface area (Å²) >= 11 is 0. The van der Waals surface area contributed by atoms with E-state index in [-0.39, 0.29) is 5.91 Å². The number of carbonyl (C=O) groups excluding carboxylic acids is 1. The van der Waals surface area contributed by atoms with Crippen LogP contribution in [0.3, 0.4) is 0 Å². The summed E-state index contributed by atoms with van der Waals surface area (Å²) in [5, 5.41) is 4.31. The number of hydrogen-bond donors (Lipinski definition) is 0. The second-order valence-corrected chi connectivity index (χ2v) is 4.42. The second kappa shape index (κ2) is 5.09. The van der Waals surface area contributed by atoms with Gasteiger partial charge in [-0.3, -0.25) is 4.79 Å². The summed E-state index contributed by atoms with van der Waals surface area (Å²) in [5.41, 5.74) is 1.77. The molecule has 0 unspecified atom stereocenters. The molecule has 0 saturated carbocycles. The Morgan fingerprint density at radius 3 is 2.00 bits per heavy atom. The van der Waals surface area contributed by atoms with Crippen molar-refractivity contribution in [2.24, 2.45) is 0 Å². The summed E-state index contributed by atoms with van der Waals surface area (Å²) in [6, 6.07) is 19.2. The highest BCUT2D eigenvalue weighted by atomic mass is 16.2. The van der Waals surface area contributed by atoms with Gasteiger partial charge in [0, 0.05) is 18.1 Å². The summed E-state index contributed by atoms with van der Waals surface area (Å²) < 4.78 is 1.34. The van der Waals surface area contributed by atoms with Crippen molar-refractivity contribution in [1.29, 1.82) is 0 Å². The first-order valence-corrected chi connectivity index (χ1v) is 6.34. The van der Waals surface area contributed by atoms with E-state index in [1.54, 1.807) is 0 Å². The van der Waals surface area contributed by atoms with E-state index < -0.39 is 0 Å². The number of aromatic nitrogens is 3. The summed E-state index contributed by atoms with van der Waals surface area (Å²) in [4.78, 5) is 16.2. The lowest BCUT2D eigenvalue weighted by Gasteiger charge is -2.00. The zero-order valence-electron chi connectivity index (χ0n) is 11.0. The highest BCUT2D eigenvalue weighted by molar-refractivity contribution is 5.80. The van der Waals surface area contributed by atoms with Crippen LogP contribution in [0.5, 0.6) is 0 Å². The molecule has 4 heteroatoms. The van der Waals surface area contributed by atoms with Gasteiger partial charge in [0.25, 0.3) is 0 Å². The summed E-state index contributed by atoms with van der Waals surface area (Å²) in [6.45, 7) is 1.48. The van der Waals surface area contributed by atoms with E-state index in [0.717, 1.165) is 11.1 Å². The molecule has 3 rings (SSSR count). The van der Waals surface area contributed by atoms with Gasteiger partial charge in [-0.25, -0.2) is 4.98 Å². The Morgan fingerprint density at radius 1 is 0.900 bits per heavy atom. The molecular formula is C16H13N3O. The topological polar surface area (TPSA) is 47.8 Å². The van der Waals surface area contributed by atoms with E-state index in [9.17, 15) is 4.79 Å². The molecule has 0 atom stereocenters. The molecular weight excluding hydrogens is 250 g/mol. The van der Waals surface area contributed by atoms with E-state index in [1.165, 1.54) is 11.6 Å². The normalized spacial score (nSPS) is 10.4. The molecule has 20 heavy (non-hydrogen) atoms. The van der Waals surface area contributed by atoms with Gasteiger partial charge >= 0.3 is 0 Å². The number of carbonyl (C=O) groups is 1. The minimum atomic E-state index is -0.154. The molecule has 0 aliphatic carbocycles. The second-order valence-electron chi connectivity index (χ2n) is 4.42.